The lowest BCUT2D eigenvalue weighted by Crippen LogP contribution is -2.19. The first-order chi connectivity index (χ1) is 14.7. The van der Waals surface area contributed by atoms with Crippen LogP contribution < -0.4 is 4.74 Å². The molecule has 5 aromatic rings. The van der Waals surface area contributed by atoms with Crippen molar-refractivity contribution in [3.05, 3.63) is 66.9 Å². The van der Waals surface area contributed by atoms with Gasteiger partial charge in [0.15, 0.2) is 0 Å². The number of aromatic amines is 2. The molecule has 2 N–H and O–H groups in total. The molecule has 0 spiro atoms. The maximum atomic E-state index is 5.91. The lowest BCUT2D eigenvalue weighted by Gasteiger charge is -2.12. The van der Waals surface area contributed by atoms with E-state index in [-0.39, 0.29) is 0 Å². The average Bonchev–Trinajstić information content (AvgIpc) is 3.37. The molecule has 0 amide bonds. The van der Waals surface area contributed by atoms with Gasteiger partial charge in [0.2, 0.25) is 0 Å². The molecule has 0 aliphatic rings. The van der Waals surface area contributed by atoms with Crippen molar-refractivity contribution < 1.29 is 4.74 Å². The summed E-state index contributed by atoms with van der Waals surface area (Å²) in [6.45, 7) is 1.55. The molecule has 3 heterocycles. The highest BCUT2D eigenvalue weighted by atomic mass is 16.5. The molecule has 0 saturated heterocycles. The Balaban J connectivity index is 1.50. The summed E-state index contributed by atoms with van der Waals surface area (Å²) < 4.78 is 5.91. The van der Waals surface area contributed by atoms with E-state index in [1.165, 1.54) is 0 Å². The normalized spacial score (nSPS) is 11.6. The van der Waals surface area contributed by atoms with Gasteiger partial charge in [0.1, 0.15) is 18.1 Å². The fourth-order valence-corrected chi connectivity index (χ4v) is 3.59. The summed E-state index contributed by atoms with van der Waals surface area (Å²) in [7, 11) is 4.08. The molecule has 0 bridgehead atoms. The zero-order chi connectivity index (χ0) is 20.5. The first-order valence-electron chi connectivity index (χ1n) is 9.97. The van der Waals surface area contributed by atoms with E-state index in [2.05, 4.69) is 55.4 Å². The van der Waals surface area contributed by atoms with Crippen molar-refractivity contribution in [3.63, 3.8) is 0 Å². The minimum atomic E-state index is 0.662. The Labute approximate surface area is 174 Å². The van der Waals surface area contributed by atoms with Gasteiger partial charge in [0, 0.05) is 18.1 Å². The van der Waals surface area contributed by atoms with Crippen LogP contribution >= 0.6 is 0 Å². The van der Waals surface area contributed by atoms with Crippen molar-refractivity contribution in [1.82, 2.24) is 25.1 Å². The van der Waals surface area contributed by atoms with E-state index in [9.17, 15) is 0 Å². The summed E-state index contributed by atoms with van der Waals surface area (Å²) in [6.07, 6.45) is 1.80. The van der Waals surface area contributed by atoms with E-state index in [0.717, 1.165) is 56.7 Å². The summed E-state index contributed by atoms with van der Waals surface area (Å²) >= 11 is 0. The van der Waals surface area contributed by atoms with E-state index in [1.54, 1.807) is 6.20 Å². The summed E-state index contributed by atoms with van der Waals surface area (Å²) in [4.78, 5) is 9.95. The molecule has 0 atom stereocenters. The van der Waals surface area contributed by atoms with Crippen LogP contribution in [0.3, 0.4) is 0 Å². The van der Waals surface area contributed by atoms with Crippen molar-refractivity contribution in [2.24, 2.45) is 0 Å². The van der Waals surface area contributed by atoms with Gasteiger partial charge in [-0.1, -0.05) is 18.2 Å². The lowest BCUT2D eigenvalue weighted by atomic mass is 10.0. The van der Waals surface area contributed by atoms with Gasteiger partial charge in [-0.15, -0.1) is 0 Å². The van der Waals surface area contributed by atoms with Gasteiger partial charge >= 0.3 is 0 Å². The Morgan fingerprint density at radius 3 is 2.70 bits per heavy atom. The molecule has 0 aliphatic heterocycles. The fourth-order valence-electron chi connectivity index (χ4n) is 3.59. The van der Waals surface area contributed by atoms with Gasteiger partial charge in [0.25, 0.3) is 0 Å². The third kappa shape index (κ3) is 3.53. The Bertz CT molecular complexity index is 1280. The summed E-state index contributed by atoms with van der Waals surface area (Å²) in [5.41, 5.74) is 7.02. The molecule has 6 nitrogen and oxygen atoms in total. The second-order valence-corrected chi connectivity index (χ2v) is 7.63. The molecule has 2 aromatic carbocycles. The number of nitrogens with zero attached hydrogens (tertiary/aromatic N) is 3. The number of fused-ring (bicyclic) bond motifs is 2. The van der Waals surface area contributed by atoms with Gasteiger partial charge in [0.05, 0.1) is 22.2 Å². The Hall–Kier alpha value is -3.64. The van der Waals surface area contributed by atoms with Crippen molar-refractivity contribution in [2.45, 2.75) is 0 Å². The highest BCUT2D eigenvalue weighted by Gasteiger charge is 2.12. The van der Waals surface area contributed by atoms with Crippen LogP contribution in [0, 0.1) is 0 Å². The Morgan fingerprint density at radius 2 is 1.83 bits per heavy atom. The number of likely N-dealkylation sites (N-methyl/N-ethyl adjacent to an activating group) is 1. The standard InChI is InChI=1S/C24H23N5O/c1-29(2)11-12-30-18-6-3-5-16(13-18)17-8-9-20-19(14-17)24(28-27-20)23-15-22-21(26-23)7-4-10-25-22/h3-10,13-15,26H,11-12H2,1-2H3,(H,27,28). The van der Waals surface area contributed by atoms with Crippen LogP contribution in [0.15, 0.2) is 66.9 Å². The fraction of sp³-hybridized carbons (Fsp3) is 0.167. The van der Waals surface area contributed by atoms with Gasteiger partial charge in [-0.25, -0.2) is 0 Å². The van der Waals surface area contributed by atoms with E-state index in [1.807, 2.05) is 44.4 Å². The van der Waals surface area contributed by atoms with Gasteiger partial charge in [-0.05, 0) is 67.7 Å². The van der Waals surface area contributed by atoms with E-state index in [0.29, 0.717) is 6.61 Å². The minimum Gasteiger partial charge on any atom is -0.492 e. The maximum Gasteiger partial charge on any atom is 0.119 e. The van der Waals surface area contributed by atoms with Gasteiger partial charge in [-0.3, -0.25) is 10.1 Å². The van der Waals surface area contributed by atoms with Crippen LogP contribution in [-0.2, 0) is 0 Å². The summed E-state index contributed by atoms with van der Waals surface area (Å²) in [6, 6.07) is 20.6. The average molecular weight is 397 g/mol. The minimum absolute atomic E-state index is 0.662. The topological polar surface area (TPSA) is 69.8 Å². The molecule has 0 fully saturated rings. The van der Waals surface area contributed by atoms with Crippen molar-refractivity contribution >= 4 is 21.9 Å². The number of hydrogen-bond acceptors (Lipinski definition) is 4. The molecular formula is C24H23N5O. The highest BCUT2D eigenvalue weighted by molar-refractivity contribution is 5.97. The highest BCUT2D eigenvalue weighted by Crippen LogP contribution is 2.32. The number of pyridine rings is 1. The Kier molecular flexibility index (Phi) is 4.69. The monoisotopic (exact) mass is 397 g/mol. The van der Waals surface area contributed by atoms with Crippen LogP contribution in [0.4, 0.5) is 0 Å². The second kappa shape index (κ2) is 7.65. The van der Waals surface area contributed by atoms with E-state index < -0.39 is 0 Å². The van der Waals surface area contributed by atoms with Crippen LogP contribution in [-0.4, -0.2) is 52.3 Å². The molecule has 0 unspecified atom stereocenters. The van der Waals surface area contributed by atoms with Crippen LogP contribution in [0.5, 0.6) is 5.75 Å². The number of rotatable bonds is 6. The van der Waals surface area contributed by atoms with E-state index in [4.69, 9.17) is 4.74 Å². The smallest absolute Gasteiger partial charge is 0.119 e. The molecule has 3 aromatic heterocycles. The van der Waals surface area contributed by atoms with Crippen LogP contribution in [0.25, 0.3) is 44.5 Å². The number of aromatic nitrogens is 4. The first-order valence-corrected chi connectivity index (χ1v) is 9.97. The lowest BCUT2D eigenvalue weighted by molar-refractivity contribution is 0.261. The van der Waals surface area contributed by atoms with Crippen molar-refractivity contribution in [1.29, 1.82) is 0 Å². The zero-order valence-electron chi connectivity index (χ0n) is 17.0. The predicted octanol–water partition coefficient (Wildman–Crippen LogP) is 4.71. The predicted molar refractivity (Wildman–Crippen MR) is 121 cm³/mol. The molecule has 0 aliphatic carbocycles. The molecule has 5 rings (SSSR count). The molecular weight excluding hydrogens is 374 g/mol. The quantitative estimate of drug-likeness (QED) is 0.435. The number of benzene rings is 2. The van der Waals surface area contributed by atoms with Gasteiger partial charge in [-0.2, -0.15) is 5.10 Å². The maximum absolute atomic E-state index is 5.91. The van der Waals surface area contributed by atoms with Gasteiger partial charge < -0.3 is 14.6 Å². The SMILES string of the molecule is CN(C)CCOc1cccc(-c2ccc3[nH]nc(-c4cc5ncccc5[nH]4)c3c2)c1. The van der Waals surface area contributed by atoms with Crippen LogP contribution in [0.2, 0.25) is 0 Å². The summed E-state index contributed by atoms with van der Waals surface area (Å²) in [5.74, 6) is 0.878. The first kappa shape index (κ1) is 18.4. The Morgan fingerprint density at radius 1 is 0.933 bits per heavy atom. The number of hydrogen-bond donors (Lipinski definition) is 2. The van der Waals surface area contributed by atoms with Crippen LogP contribution in [0.1, 0.15) is 0 Å². The number of ether oxygens (including phenoxy) is 1. The molecule has 0 radical (unpaired) electrons. The largest absolute Gasteiger partial charge is 0.492 e. The number of nitrogens with one attached hydrogen (secondary N) is 2. The molecule has 6 heteroatoms. The zero-order valence-corrected chi connectivity index (χ0v) is 17.0. The summed E-state index contributed by atoms with van der Waals surface area (Å²) in [5, 5.41) is 8.76. The second-order valence-electron chi connectivity index (χ2n) is 7.63. The van der Waals surface area contributed by atoms with Crippen molar-refractivity contribution in [2.75, 3.05) is 27.2 Å². The molecule has 0 saturated carbocycles. The van der Waals surface area contributed by atoms with Crippen molar-refractivity contribution in [3.8, 4) is 28.3 Å². The van der Waals surface area contributed by atoms with E-state index >= 15 is 0 Å². The third-order valence-electron chi connectivity index (χ3n) is 5.18. The molecule has 30 heavy (non-hydrogen) atoms. The number of H-pyrrole nitrogens is 2. The molecule has 150 valence electrons. The third-order valence-corrected chi connectivity index (χ3v) is 5.18.